The standard InChI is InChI=1S/C26H24Cl2N2O6/c1-3-8-29(26(33)16(2)27)13-24(31)30(11-17-4-6-22-23(9-17)36-15-35-22)12-18-14-34-21-7-5-19(28)10-20(21)25(18)32/h3-7,9-10,14,16H,1,8,11-13,15H2,2H3. The van der Waals surface area contributed by atoms with E-state index in [-0.39, 0.29) is 49.9 Å². The van der Waals surface area contributed by atoms with Gasteiger partial charge < -0.3 is 23.7 Å². The van der Waals surface area contributed by atoms with Crippen molar-refractivity contribution < 1.29 is 23.5 Å². The third-order valence-corrected chi connectivity index (χ3v) is 6.08. The highest BCUT2D eigenvalue weighted by atomic mass is 35.5. The molecule has 1 atom stereocenters. The fourth-order valence-corrected chi connectivity index (χ4v) is 4.16. The number of carbonyl (C=O) groups excluding carboxylic acids is 2. The summed E-state index contributed by atoms with van der Waals surface area (Å²) in [6, 6.07) is 10.1. The van der Waals surface area contributed by atoms with Crippen LogP contribution in [0.1, 0.15) is 18.1 Å². The van der Waals surface area contributed by atoms with Gasteiger partial charge in [-0.25, -0.2) is 0 Å². The number of benzene rings is 2. The number of alkyl halides is 1. The second-order valence-corrected chi connectivity index (χ2v) is 9.38. The fraction of sp³-hybridized carbons (Fsp3) is 0.269. The molecule has 36 heavy (non-hydrogen) atoms. The van der Waals surface area contributed by atoms with E-state index in [9.17, 15) is 14.4 Å². The van der Waals surface area contributed by atoms with Crippen molar-refractivity contribution in [3.05, 3.63) is 81.7 Å². The Hall–Kier alpha value is -3.49. The average Bonchev–Trinajstić information content (AvgIpc) is 3.32. The van der Waals surface area contributed by atoms with Gasteiger partial charge in [0.25, 0.3) is 0 Å². The highest BCUT2D eigenvalue weighted by Gasteiger charge is 2.25. The lowest BCUT2D eigenvalue weighted by Gasteiger charge is -2.28. The van der Waals surface area contributed by atoms with E-state index >= 15 is 0 Å². The number of carbonyl (C=O) groups is 2. The first-order chi connectivity index (χ1) is 17.3. The molecule has 2 heterocycles. The molecule has 3 aromatic rings. The summed E-state index contributed by atoms with van der Waals surface area (Å²) in [5.41, 5.74) is 1.12. The van der Waals surface area contributed by atoms with Crippen LogP contribution in [0.15, 0.2) is 64.5 Å². The number of fused-ring (bicyclic) bond motifs is 2. The largest absolute Gasteiger partial charge is 0.464 e. The first kappa shape index (κ1) is 25.6. The molecular weight excluding hydrogens is 507 g/mol. The van der Waals surface area contributed by atoms with E-state index in [0.717, 1.165) is 5.56 Å². The van der Waals surface area contributed by atoms with Crippen molar-refractivity contribution in [2.45, 2.75) is 25.4 Å². The zero-order valence-corrected chi connectivity index (χ0v) is 21.1. The van der Waals surface area contributed by atoms with Crippen LogP contribution in [0.3, 0.4) is 0 Å². The lowest BCUT2D eigenvalue weighted by atomic mass is 10.1. The molecule has 2 aromatic carbocycles. The maximum absolute atomic E-state index is 13.5. The van der Waals surface area contributed by atoms with Crippen molar-refractivity contribution >= 4 is 46.0 Å². The maximum atomic E-state index is 13.5. The summed E-state index contributed by atoms with van der Waals surface area (Å²) >= 11 is 12.1. The van der Waals surface area contributed by atoms with Crippen LogP contribution >= 0.6 is 23.2 Å². The monoisotopic (exact) mass is 530 g/mol. The Morgan fingerprint density at radius 2 is 1.89 bits per heavy atom. The summed E-state index contributed by atoms with van der Waals surface area (Å²) in [5.74, 6) is 0.403. The number of ether oxygens (including phenoxy) is 2. The van der Waals surface area contributed by atoms with Gasteiger partial charge in [0.2, 0.25) is 18.6 Å². The van der Waals surface area contributed by atoms with E-state index < -0.39 is 11.3 Å². The molecule has 188 valence electrons. The van der Waals surface area contributed by atoms with Crippen molar-refractivity contribution in [1.82, 2.24) is 9.80 Å². The summed E-state index contributed by atoms with van der Waals surface area (Å²) in [6.07, 6.45) is 2.86. The smallest absolute Gasteiger partial charge is 0.242 e. The van der Waals surface area contributed by atoms with Crippen molar-refractivity contribution in [2.24, 2.45) is 0 Å². The van der Waals surface area contributed by atoms with Gasteiger partial charge in [-0.3, -0.25) is 14.4 Å². The Bertz CT molecular complexity index is 1370. The molecule has 1 aliphatic heterocycles. The third kappa shape index (κ3) is 5.66. The quantitative estimate of drug-likeness (QED) is 0.302. The molecule has 1 aliphatic rings. The average molecular weight is 531 g/mol. The first-order valence-electron chi connectivity index (χ1n) is 11.2. The third-order valence-electron chi connectivity index (χ3n) is 5.66. The van der Waals surface area contributed by atoms with E-state index in [1.165, 1.54) is 28.2 Å². The van der Waals surface area contributed by atoms with E-state index in [1.807, 2.05) is 6.07 Å². The Morgan fingerprint density at radius 1 is 1.11 bits per heavy atom. The molecule has 0 spiro atoms. The van der Waals surface area contributed by atoms with E-state index in [0.29, 0.717) is 27.5 Å². The van der Waals surface area contributed by atoms with Crippen molar-refractivity contribution in [3.63, 3.8) is 0 Å². The Balaban J connectivity index is 1.66. The van der Waals surface area contributed by atoms with E-state index in [1.54, 1.807) is 31.2 Å². The molecule has 0 radical (unpaired) electrons. The highest BCUT2D eigenvalue weighted by molar-refractivity contribution is 6.31. The number of rotatable bonds is 9. The van der Waals surface area contributed by atoms with Crippen LogP contribution in [0.25, 0.3) is 11.0 Å². The zero-order chi connectivity index (χ0) is 25.8. The summed E-state index contributed by atoms with van der Waals surface area (Å²) in [4.78, 5) is 42.0. The van der Waals surface area contributed by atoms with Gasteiger partial charge in [-0.05, 0) is 42.8 Å². The second kappa shape index (κ2) is 11.1. The topological polar surface area (TPSA) is 89.3 Å². The van der Waals surface area contributed by atoms with Crippen molar-refractivity contribution in [3.8, 4) is 11.5 Å². The summed E-state index contributed by atoms with van der Waals surface area (Å²) < 4.78 is 16.4. The second-order valence-electron chi connectivity index (χ2n) is 8.29. The van der Waals surface area contributed by atoms with Crippen LogP contribution in [0.4, 0.5) is 0 Å². The molecule has 1 aromatic heterocycles. The van der Waals surface area contributed by atoms with Crippen LogP contribution in [-0.2, 0) is 22.7 Å². The molecule has 4 rings (SSSR count). The SMILES string of the molecule is C=CCN(CC(=O)N(Cc1ccc2c(c1)OCO2)Cc1coc2ccc(Cl)cc2c1=O)C(=O)C(C)Cl. The summed E-state index contributed by atoms with van der Waals surface area (Å²) in [6.45, 7) is 5.33. The highest BCUT2D eigenvalue weighted by Crippen LogP contribution is 2.33. The van der Waals surface area contributed by atoms with Crippen LogP contribution in [-0.4, -0.2) is 46.9 Å². The van der Waals surface area contributed by atoms with Gasteiger partial charge in [-0.1, -0.05) is 23.7 Å². The van der Waals surface area contributed by atoms with Crippen molar-refractivity contribution in [2.75, 3.05) is 19.9 Å². The molecule has 0 saturated heterocycles. The van der Waals surface area contributed by atoms with Gasteiger partial charge in [0.05, 0.1) is 23.8 Å². The minimum absolute atomic E-state index is 0.0510. The molecule has 2 amide bonds. The van der Waals surface area contributed by atoms with E-state index in [2.05, 4.69) is 6.58 Å². The van der Waals surface area contributed by atoms with Crippen LogP contribution < -0.4 is 14.9 Å². The lowest BCUT2D eigenvalue weighted by Crippen LogP contribution is -2.44. The molecule has 1 unspecified atom stereocenters. The van der Waals surface area contributed by atoms with Gasteiger partial charge in [-0.2, -0.15) is 0 Å². The number of amides is 2. The first-order valence-corrected chi connectivity index (χ1v) is 12.0. The van der Waals surface area contributed by atoms with Gasteiger partial charge in [0, 0.05) is 18.1 Å². The molecular formula is C26H24Cl2N2O6. The van der Waals surface area contributed by atoms with Crippen LogP contribution in [0, 0.1) is 0 Å². The molecule has 8 nitrogen and oxygen atoms in total. The summed E-state index contributed by atoms with van der Waals surface area (Å²) in [5, 5.41) is -0.0961. The molecule has 0 saturated carbocycles. The molecule has 0 N–H and O–H groups in total. The predicted molar refractivity (Wildman–Crippen MR) is 136 cm³/mol. The minimum atomic E-state index is -0.808. The van der Waals surface area contributed by atoms with Gasteiger partial charge in [0.15, 0.2) is 16.9 Å². The molecule has 0 aliphatic carbocycles. The van der Waals surface area contributed by atoms with E-state index in [4.69, 9.17) is 37.1 Å². The summed E-state index contributed by atoms with van der Waals surface area (Å²) in [7, 11) is 0. The minimum Gasteiger partial charge on any atom is -0.464 e. The van der Waals surface area contributed by atoms with Crippen molar-refractivity contribution in [1.29, 1.82) is 0 Å². The molecule has 0 fully saturated rings. The van der Waals surface area contributed by atoms with Gasteiger partial charge in [-0.15, -0.1) is 18.2 Å². The molecule has 10 heteroatoms. The van der Waals surface area contributed by atoms with Gasteiger partial charge >= 0.3 is 0 Å². The number of hydrogen-bond donors (Lipinski definition) is 0. The molecule has 0 bridgehead atoms. The number of nitrogens with zero attached hydrogens (tertiary/aromatic N) is 2. The predicted octanol–water partition coefficient (Wildman–Crippen LogP) is 4.35. The zero-order valence-electron chi connectivity index (χ0n) is 19.5. The van der Waals surface area contributed by atoms with Crippen LogP contribution in [0.5, 0.6) is 11.5 Å². The maximum Gasteiger partial charge on any atom is 0.242 e. The Kier molecular flexibility index (Phi) is 7.86. The van der Waals surface area contributed by atoms with Gasteiger partial charge in [0.1, 0.15) is 17.5 Å². The Morgan fingerprint density at radius 3 is 2.64 bits per heavy atom. The lowest BCUT2D eigenvalue weighted by molar-refractivity contribution is -0.140. The number of hydrogen-bond acceptors (Lipinski definition) is 6. The van der Waals surface area contributed by atoms with Crippen LogP contribution in [0.2, 0.25) is 5.02 Å². The number of halogens is 2. The normalized spacial score (nSPS) is 12.9. The fourth-order valence-electron chi connectivity index (χ4n) is 3.85. The Labute approximate surface area is 217 Å².